The number of nitrogens with zero attached hydrogens (tertiary/aromatic N) is 1. The van der Waals surface area contributed by atoms with Crippen LogP contribution in [-0.4, -0.2) is 32.6 Å². The maximum absolute atomic E-state index is 12.5. The molecule has 0 aliphatic carbocycles. The molecule has 1 heterocycles. The molecule has 0 aromatic heterocycles. The molecule has 1 fully saturated rings. The van der Waals surface area contributed by atoms with Gasteiger partial charge in [0.2, 0.25) is 5.91 Å². The summed E-state index contributed by atoms with van der Waals surface area (Å²) in [4.78, 5) is 26.1. The van der Waals surface area contributed by atoms with Crippen molar-refractivity contribution in [3.05, 3.63) is 59.7 Å². The highest BCUT2D eigenvalue weighted by Crippen LogP contribution is 2.33. The number of carbonyl (C=O) groups excluding carboxylic acids is 2. The van der Waals surface area contributed by atoms with Gasteiger partial charge in [0.15, 0.2) is 0 Å². The highest BCUT2D eigenvalue weighted by molar-refractivity contribution is 5.99. The molecule has 2 aromatic rings. The molecule has 1 unspecified atom stereocenters. The third-order valence-electron chi connectivity index (χ3n) is 4.34. The summed E-state index contributed by atoms with van der Waals surface area (Å²) in [5, 5.41) is 3.02. The molecule has 3 rings (SSSR count). The summed E-state index contributed by atoms with van der Waals surface area (Å²) >= 11 is 0. The Hall–Kier alpha value is -2.82. The molecule has 0 radical (unpaired) electrons. The molecular formula is C19H20N2O3. The van der Waals surface area contributed by atoms with Crippen LogP contribution in [0.5, 0.6) is 0 Å². The van der Waals surface area contributed by atoms with Crippen molar-refractivity contribution < 1.29 is 14.3 Å². The monoisotopic (exact) mass is 324 g/mol. The molecule has 24 heavy (non-hydrogen) atoms. The van der Waals surface area contributed by atoms with E-state index in [1.54, 1.807) is 24.1 Å². The number of ether oxygens (including phenoxy) is 1. The number of carbonyl (C=O) groups is 2. The van der Waals surface area contributed by atoms with E-state index in [1.807, 2.05) is 36.4 Å². The fourth-order valence-electron chi connectivity index (χ4n) is 3.05. The highest BCUT2D eigenvalue weighted by atomic mass is 16.5. The van der Waals surface area contributed by atoms with Gasteiger partial charge < -0.3 is 15.0 Å². The van der Waals surface area contributed by atoms with Crippen molar-refractivity contribution >= 4 is 23.3 Å². The minimum atomic E-state index is -0.417. The van der Waals surface area contributed by atoms with Crippen molar-refractivity contribution in [2.45, 2.75) is 12.3 Å². The zero-order chi connectivity index (χ0) is 17.1. The number of anilines is 2. The Kier molecular flexibility index (Phi) is 4.51. The number of amides is 1. The molecule has 5 heteroatoms. The van der Waals surface area contributed by atoms with Gasteiger partial charge in [0.05, 0.1) is 12.7 Å². The first kappa shape index (κ1) is 16.1. The molecule has 1 N–H and O–H groups in total. The number of benzene rings is 2. The van der Waals surface area contributed by atoms with E-state index in [1.165, 1.54) is 7.11 Å². The maximum atomic E-state index is 12.5. The van der Waals surface area contributed by atoms with Crippen LogP contribution in [0.25, 0.3) is 0 Å². The molecule has 1 amide bonds. The van der Waals surface area contributed by atoms with Crippen LogP contribution in [0.4, 0.5) is 11.4 Å². The van der Waals surface area contributed by atoms with Crippen molar-refractivity contribution in [2.75, 3.05) is 30.9 Å². The molecule has 124 valence electrons. The van der Waals surface area contributed by atoms with Crippen LogP contribution in [0.2, 0.25) is 0 Å². The van der Waals surface area contributed by atoms with E-state index >= 15 is 0 Å². The van der Waals surface area contributed by atoms with Crippen molar-refractivity contribution in [2.24, 2.45) is 0 Å². The van der Waals surface area contributed by atoms with Crippen LogP contribution in [0.1, 0.15) is 28.3 Å². The van der Waals surface area contributed by atoms with Crippen LogP contribution in [0.3, 0.4) is 0 Å². The Bertz CT molecular complexity index is 758. The van der Waals surface area contributed by atoms with Crippen molar-refractivity contribution in [1.29, 1.82) is 0 Å². The van der Waals surface area contributed by atoms with E-state index in [4.69, 9.17) is 4.74 Å². The topological polar surface area (TPSA) is 58.6 Å². The van der Waals surface area contributed by atoms with Crippen LogP contribution in [0, 0.1) is 0 Å². The lowest BCUT2D eigenvalue weighted by atomic mass is 9.98. The maximum Gasteiger partial charge on any atom is 0.337 e. The van der Waals surface area contributed by atoms with Crippen molar-refractivity contribution in [1.82, 2.24) is 0 Å². The van der Waals surface area contributed by atoms with Gasteiger partial charge in [-0.2, -0.15) is 0 Å². The van der Waals surface area contributed by atoms with Gasteiger partial charge in [-0.3, -0.25) is 4.79 Å². The predicted molar refractivity (Wildman–Crippen MR) is 93.5 cm³/mol. The van der Waals surface area contributed by atoms with Crippen LogP contribution in [0.15, 0.2) is 48.5 Å². The van der Waals surface area contributed by atoms with Gasteiger partial charge in [-0.25, -0.2) is 4.79 Å². The molecule has 1 saturated heterocycles. The lowest BCUT2D eigenvalue weighted by Crippen LogP contribution is -2.24. The van der Waals surface area contributed by atoms with Crippen LogP contribution < -0.4 is 10.2 Å². The summed E-state index contributed by atoms with van der Waals surface area (Å²) in [5.74, 6) is -0.189. The van der Waals surface area contributed by atoms with Gasteiger partial charge in [0.1, 0.15) is 0 Å². The smallest absolute Gasteiger partial charge is 0.337 e. The minimum Gasteiger partial charge on any atom is -0.465 e. The van der Waals surface area contributed by atoms with Crippen molar-refractivity contribution in [3.63, 3.8) is 0 Å². The first-order valence-corrected chi connectivity index (χ1v) is 7.89. The Balaban J connectivity index is 1.91. The second-order valence-corrected chi connectivity index (χ2v) is 5.83. The van der Waals surface area contributed by atoms with E-state index in [2.05, 4.69) is 5.32 Å². The third-order valence-corrected chi connectivity index (χ3v) is 4.34. The third kappa shape index (κ3) is 3.11. The fourth-order valence-corrected chi connectivity index (χ4v) is 3.05. The summed E-state index contributed by atoms with van der Waals surface area (Å²) in [5.41, 5.74) is 3.07. The summed E-state index contributed by atoms with van der Waals surface area (Å²) in [6.45, 7) is 0.608. The Labute approximate surface area is 141 Å². The Morgan fingerprint density at radius 2 is 1.96 bits per heavy atom. The number of hydrogen-bond acceptors (Lipinski definition) is 4. The molecule has 0 saturated carbocycles. The van der Waals surface area contributed by atoms with E-state index in [0.29, 0.717) is 24.2 Å². The first-order chi connectivity index (χ1) is 11.6. The average molecular weight is 324 g/mol. The zero-order valence-corrected chi connectivity index (χ0v) is 13.8. The number of rotatable bonds is 4. The molecule has 1 aliphatic heterocycles. The molecule has 5 nitrogen and oxygen atoms in total. The largest absolute Gasteiger partial charge is 0.465 e. The van der Waals surface area contributed by atoms with Gasteiger partial charge >= 0.3 is 5.97 Å². The molecular weight excluding hydrogens is 304 g/mol. The SMILES string of the molecule is CNc1cc(C(=O)OC)cc(N2CC(c3ccccc3)CC2=O)c1. The summed E-state index contributed by atoms with van der Waals surface area (Å²) in [6.07, 6.45) is 0.474. The Morgan fingerprint density at radius 3 is 2.62 bits per heavy atom. The molecule has 2 aromatic carbocycles. The highest BCUT2D eigenvalue weighted by Gasteiger charge is 2.32. The fraction of sp³-hybridized carbons (Fsp3) is 0.263. The Morgan fingerprint density at radius 1 is 1.21 bits per heavy atom. The molecule has 0 spiro atoms. The normalized spacial score (nSPS) is 17.0. The number of methoxy groups -OCH3 is 1. The number of hydrogen-bond donors (Lipinski definition) is 1. The van der Waals surface area contributed by atoms with Gasteiger partial charge in [-0.05, 0) is 23.8 Å². The molecule has 1 atom stereocenters. The van der Waals surface area contributed by atoms with Crippen molar-refractivity contribution in [3.8, 4) is 0 Å². The van der Waals surface area contributed by atoms with E-state index in [0.717, 1.165) is 11.3 Å². The van der Waals surface area contributed by atoms with Crippen LogP contribution in [-0.2, 0) is 9.53 Å². The second-order valence-electron chi connectivity index (χ2n) is 5.83. The predicted octanol–water partition coefficient (Wildman–Crippen LogP) is 3.04. The average Bonchev–Trinajstić information content (AvgIpc) is 3.03. The van der Waals surface area contributed by atoms with Gasteiger partial charge in [-0.1, -0.05) is 30.3 Å². The molecule has 0 bridgehead atoms. The first-order valence-electron chi connectivity index (χ1n) is 7.89. The quantitative estimate of drug-likeness (QED) is 0.878. The zero-order valence-electron chi connectivity index (χ0n) is 13.8. The van der Waals surface area contributed by atoms with E-state index in [9.17, 15) is 9.59 Å². The lowest BCUT2D eigenvalue weighted by Gasteiger charge is -2.19. The lowest BCUT2D eigenvalue weighted by molar-refractivity contribution is -0.117. The second kappa shape index (κ2) is 6.74. The summed E-state index contributed by atoms with van der Waals surface area (Å²) in [7, 11) is 3.12. The standard InChI is InChI=1S/C19H20N2O3/c1-20-16-8-14(19(23)24-2)9-17(11-16)21-12-15(10-18(21)22)13-6-4-3-5-7-13/h3-9,11,15,20H,10,12H2,1-2H3. The van der Waals surface area contributed by atoms with Gasteiger partial charge in [0.25, 0.3) is 0 Å². The van der Waals surface area contributed by atoms with Gasteiger partial charge in [0, 0.05) is 37.3 Å². The van der Waals surface area contributed by atoms with E-state index in [-0.39, 0.29) is 11.8 Å². The molecule has 1 aliphatic rings. The minimum absolute atomic E-state index is 0.0629. The summed E-state index contributed by atoms with van der Waals surface area (Å²) < 4.78 is 4.80. The number of nitrogens with one attached hydrogen (secondary N) is 1. The van der Waals surface area contributed by atoms with Crippen LogP contribution >= 0.6 is 0 Å². The van der Waals surface area contributed by atoms with E-state index < -0.39 is 5.97 Å². The summed E-state index contributed by atoms with van der Waals surface area (Å²) in [6, 6.07) is 15.3. The van der Waals surface area contributed by atoms with Gasteiger partial charge in [-0.15, -0.1) is 0 Å². The number of esters is 1.